The highest BCUT2D eigenvalue weighted by Crippen LogP contribution is 2.20. The van der Waals surface area contributed by atoms with Gasteiger partial charge in [0.05, 0.1) is 4.90 Å². The summed E-state index contributed by atoms with van der Waals surface area (Å²) in [6.07, 6.45) is 0. The number of amides is 1. The SMILES string of the molecule is CCN(CC)S(=O)(=O)c1ccc(NC(=O)COc2ccc(C(C)C)cc2)cc1. The van der Waals surface area contributed by atoms with Crippen LogP contribution in [0.2, 0.25) is 0 Å². The first-order valence-corrected chi connectivity index (χ1v) is 10.8. The number of ether oxygens (including phenoxy) is 1. The molecule has 152 valence electrons. The second-order valence-electron chi connectivity index (χ2n) is 6.67. The van der Waals surface area contributed by atoms with Crippen LogP contribution in [0.3, 0.4) is 0 Å². The number of benzene rings is 2. The van der Waals surface area contributed by atoms with Crippen LogP contribution in [0.15, 0.2) is 53.4 Å². The summed E-state index contributed by atoms with van der Waals surface area (Å²) >= 11 is 0. The topological polar surface area (TPSA) is 75.7 Å². The Morgan fingerprint density at radius 2 is 1.57 bits per heavy atom. The predicted molar refractivity (Wildman–Crippen MR) is 111 cm³/mol. The largest absolute Gasteiger partial charge is 0.484 e. The Bertz CT molecular complexity index is 872. The Balaban J connectivity index is 1.93. The highest BCUT2D eigenvalue weighted by atomic mass is 32.2. The van der Waals surface area contributed by atoms with Gasteiger partial charge in [0, 0.05) is 18.8 Å². The minimum Gasteiger partial charge on any atom is -0.484 e. The van der Waals surface area contributed by atoms with E-state index < -0.39 is 10.0 Å². The van der Waals surface area contributed by atoms with Crippen LogP contribution in [-0.4, -0.2) is 38.3 Å². The van der Waals surface area contributed by atoms with Crippen LogP contribution in [0.25, 0.3) is 0 Å². The van der Waals surface area contributed by atoms with E-state index in [4.69, 9.17) is 4.74 Å². The van der Waals surface area contributed by atoms with Crippen molar-refractivity contribution in [2.75, 3.05) is 25.0 Å². The molecule has 0 atom stereocenters. The molecular weight excluding hydrogens is 376 g/mol. The molecule has 0 saturated heterocycles. The van der Waals surface area contributed by atoms with Crippen molar-refractivity contribution in [2.24, 2.45) is 0 Å². The number of rotatable bonds is 9. The molecule has 1 amide bonds. The third-order valence-corrected chi connectivity index (χ3v) is 6.46. The van der Waals surface area contributed by atoms with Gasteiger partial charge in [-0.3, -0.25) is 4.79 Å². The fourth-order valence-electron chi connectivity index (χ4n) is 2.72. The maximum Gasteiger partial charge on any atom is 0.262 e. The molecule has 7 heteroatoms. The molecule has 0 saturated carbocycles. The van der Waals surface area contributed by atoms with Crippen molar-refractivity contribution in [1.82, 2.24) is 4.31 Å². The van der Waals surface area contributed by atoms with E-state index in [1.54, 1.807) is 26.0 Å². The van der Waals surface area contributed by atoms with Gasteiger partial charge in [-0.05, 0) is 47.9 Å². The number of anilines is 1. The van der Waals surface area contributed by atoms with Crippen molar-refractivity contribution in [3.8, 4) is 5.75 Å². The van der Waals surface area contributed by atoms with Crippen LogP contribution in [0.1, 0.15) is 39.2 Å². The average molecular weight is 405 g/mol. The lowest BCUT2D eigenvalue weighted by atomic mass is 10.0. The molecule has 1 N–H and O–H groups in total. The van der Waals surface area contributed by atoms with Crippen LogP contribution >= 0.6 is 0 Å². The van der Waals surface area contributed by atoms with E-state index in [0.29, 0.717) is 30.4 Å². The van der Waals surface area contributed by atoms with E-state index in [9.17, 15) is 13.2 Å². The molecule has 0 aliphatic heterocycles. The van der Waals surface area contributed by atoms with E-state index in [2.05, 4.69) is 19.2 Å². The van der Waals surface area contributed by atoms with Crippen molar-refractivity contribution in [1.29, 1.82) is 0 Å². The normalized spacial score (nSPS) is 11.6. The quantitative estimate of drug-likeness (QED) is 0.689. The second kappa shape index (κ2) is 9.71. The van der Waals surface area contributed by atoms with Gasteiger partial charge < -0.3 is 10.1 Å². The Hall–Kier alpha value is -2.38. The lowest BCUT2D eigenvalue weighted by Crippen LogP contribution is -2.30. The first kappa shape index (κ1) is 21.9. The zero-order valence-electron chi connectivity index (χ0n) is 16.8. The Labute approximate surface area is 167 Å². The molecule has 0 heterocycles. The minimum atomic E-state index is -3.51. The number of nitrogens with one attached hydrogen (secondary N) is 1. The Morgan fingerprint density at radius 3 is 2.07 bits per heavy atom. The molecule has 6 nitrogen and oxygen atoms in total. The van der Waals surface area contributed by atoms with Gasteiger partial charge in [0.15, 0.2) is 6.61 Å². The van der Waals surface area contributed by atoms with Crippen molar-refractivity contribution < 1.29 is 17.9 Å². The summed E-state index contributed by atoms with van der Waals surface area (Å²) in [5, 5.41) is 2.71. The lowest BCUT2D eigenvalue weighted by Gasteiger charge is -2.18. The third-order valence-electron chi connectivity index (χ3n) is 4.40. The van der Waals surface area contributed by atoms with Gasteiger partial charge in [-0.2, -0.15) is 4.31 Å². The molecule has 0 aliphatic rings. The summed E-state index contributed by atoms with van der Waals surface area (Å²) in [5.41, 5.74) is 1.72. The number of nitrogens with zero attached hydrogens (tertiary/aromatic N) is 1. The first-order valence-electron chi connectivity index (χ1n) is 9.40. The fraction of sp³-hybridized carbons (Fsp3) is 0.381. The van der Waals surface area contributed by atoms with E-state index in [0.717, 1.165) is 0 Å². The standard InChI is InChI=1S/C21H28N2O4S/c1-5-23(6-2)28(25,26)20-13-9-18(10-14-20)22-21(24)15-27-19-11-7-17(8-12-19)16(3)4/h7-14,16H,5-6,15H2,1-4H3,(H,22,24). The molecule has 0 aromatic heterocycles. The second-order valence-corrected chi connectivity index (χ2v) is 8.61. The van der Waals surface area contributed by atoms with Crippen LogP contribution < -0.4 is 10.1 Å². The van der Waals surface area contributed by atoms with E-state index >= 15 is 0 Å². The van der Waals surface area contributed by atoms with Crippen molar-refractivity contribution in [2.45, 2.75) is 38.5 Å². The highest BCUT2D eigenvalue weighted by Gasteiger charge is 2.21. The van der Waals surface area contributed by atoms with Crippen molar-refractivity contribution in [3.05, 3.63) is 54.1 Å². The third kappa shape index (κ3) is 5.56. The number of sulfonamides is 1. The molecular formula is C21H28N2O4S. The summed E-state index contributed by atoms with van der Waals surface area (Å²) in [6, 6.07) is 13.8. The summed E-state index contributed by atoms with van der Waals surface area (Å²) in [4.78, 5) is 12.3. The molecule has 2 aromatic rings. The minimum absolute atomic E-state index is 0.124. The number of carbonyl (C=O) groups excluding carboxylic acids is 1. The van der Waals surface area contributed by atoms with Crippen LogP contribution in [-0.2, 0) is 14.8 Å². The monoisotopic (exact) mass is 404 g/mol. The molecule has 0 aliphatic carbocycles. The predicted octanol–water partition coefficient (Wildman–Crippen LogP) is 3.86. The number of carbonyl (C=O) groups is 1. The zero-order valence-corrected chi connectivity index (χ0v) is 17.6. The molecule has 2 aromatic carbocycles. The van der Waals surface area contributed by atoms with Gasteiger partial charge in [0.2, 0.25) is 10.0 Å². The maximum atomic E-state index is 12.5. The van der Waals surface area contributed by atoms with Crippen LogP contribution in [0.4, 0.5) is 5.69 Å². The molecule has 0 bridgehead atoms. The zero-order chi connectivity index (χ0) is 20.7. The Morgan fingerprint density at radius 1 is 1.00 bits per heavy atom. The lowest BCUT2D eigenvalue weighted by molar-refractivity contribution is -0.118. The molecule has 0 unspecified atom stereocenters. The average Bonchev–Trinajstić information content (AvgIpc) is 2.68. The highest BCUT2D eigenvalue weighted by molar-refractivity contribution is 7.89. The Kier molecular flexibility index (Phi) is 7.60. The fourth-order valence-corrected chi connectivity index (χ4v) is 4.18. The van der Waals surface area contributed by atoms with Gasteiger partial charge in [0.25, 0.3) is 5.91 Å². The van der Waals surface area contributed by atoms with E-state index in [1.807, 2.05) is 24.3 Å². The number of hydrogen-bond acceptors (Lipinski definition) is 4. The van der Waals surface area contributed by atoms with Crippen molar-refractivity contribution in [3.63, 3.8) is 0 Å². The number of hydrogen-bond donors (Lipinski definition) is 1. The van der Waals surface area contributed by atoms with Gasteiger partial charge in [0.1, 0.15) is 5.75 Å². The molecule has 2 rings (SSSR count). The summed E-state index contributed by atoms with van der Waals surface area (Å²) in [5.74, 6) is 0.748. The van der Waals surface area contributed by atoms with Crippen LogP contribution in [0.5, 0.6) is 5.75 Å². The summed E-state index contributed by atoms with van der Waals surface area (Å²) in [6.45, 7) is 8.52. The van der Waals surface area contributed by atoms with Gasteiger partial charge in [-0.25, -0.2) is 8.42 Å². The smallest absolute Gasteiger partial charge is 0.262 e. The molecule has 28 heavy (non-hydrogen) atoms. The molecule has 0 spiro atoms. The maximum absolute atomic E-state index is 12.5. The molecule has 0 fully saturated rings. The van der Waals surface area contributed by atoms with Gasteiger partial charge in [-0.1, -0.05) is 39.8 Å². The van der Waals surface area contributed by atoms with Gasteiger partial charge >= 0.3 is 0 Å². The van der Waals surface area contributed by atoms with E-state index in [-0.39, 0.29) is 17.4 Å². The van der Waals surface area contributed by atoms with E-state index in [1.165, 1.54) is 22.0 Å². The summed E-state index contributed by atoms with van der Waals surface area (Å²) < 4.78 is 31.8. The van der Waals surface area contributed by atoms with Crippen LogP contribution in [0, 0.1) is 0 Å². The first-order chi connectivity index (χ1) is 13.3. The van der Waals surface area contributed by atoms with Crippen molar-refractivity contribution >= 4 is 21.6 Å². The van der Waals surface area contributed by atoms with Gasteiger partial charge in [-0.15, -0.1) is 0 Å². The summed E-state index contributed by atoms with van der Waals surface area (Å²) in [7, 11) is -3.51. The molecule has 0 radical (unpaired) electrons.